The van der Waals surface area contributed by atoms with Gasteiger partial charge in [-0.15, -0.1) is 0 Å². The number of rotatable bonds is 5. The van der Waals surface area contributed by atoms with Crippen molar-refractivity contribution >= 4 is 23.2 Å². The van der Waals surface area contributed by atoms with Crippen LogP contribution in [0.1, 0.15) is 18.3 Å². The maximum absolute atomic E-state index is 10.1. The van der Waals surface area contributed by atoms with Gasteiger partial charge in [-0.25, -0.2) is 4.98 Å². The molecule has 3 nitrogen and oxygen atoms in total. The molecule has 2 aromatic rings. The lowest BCUT2D eigenvalue weighted by Gasteiger charge is -2.12. The van der Waals surface area contributed by atoms with Gasteiger partial charge < -0.3 is 9.67 Å². The standard InChI is InChI=1S/C14H16Cl2N2O/c1-2-18-6-5-17-14(18)9-12(19)7-10-3-4-11(15)8-13(10)16/h3-6,8,12,19H,2,7,9H2,1H3. The van der Waals surface area contributed by atoms with Crippen LogP contribution in [0.25, 0.3) is 0 Å². The number of aromatic nitrogens is 2. The molecule has 0 aliphatic heterocycles. The van der Waals surface area contributed by atoms with Crippen molar-refractivity contribution < 1.29 is 5.11 Å². The van der Waals surface area contributed by atoms with Gasteiger partial charge in [-0.1, -0.05) is 29.3 Å². The molecule has 1 aromatic heterocycles. The van der Waals surface area contributed by atoms with Crippen LogP contribution in [0.5, 0.6) is 0 Å². The number of halogens is 2. The van der Waals surface area contributed by atoms with E-state index in [-0.39, 0.29) is 0 Å². The highest BCUT2D eigenvalue weighted by atomic mass is 35.5. The summed E-state index contributed by atoms with van der Waals surface area (Å²) in [6.45, 7) is 2.90. The van der Waals surface area contributed by atoms with E-state index in [0.29, 0.717) is 22.9 Å². The van der Waals surface area contributed by atoms with Gasteiger partial charge in [-0.3, -0.25) is 0 Å². The predicted octanol–water partition coefficient (Wildman–Crippen LogP) is 3.36. The zero-order valence-corrected chi connectivity index (χ0v) is 12.2. The lowest BCUT2D eigenvalue weighted by Crippen LogP contribution is -2.17. The van der Waals surface area contributed by atoms with E-state index in [0.717, 1.165) is 17.9 Å². The molecule has 5 heteroatoms. The van der Waals surface area contributed by atoms with Crippen molar-refractivity contribution in [3.8, 4) is 0 Å². The molecule has 0 aliphatic rings. The minimum Gasteiger partial charge on any atom is -0.392 e. The Bertz CT molecular complexity index is 554. The third-order valence-corrected chi connectivity index (χ3v) is 3.62. The Morgan fingerprint density at radius 1 is 1.32 bits per heavy atom. The van der Waals surface area contributed by atoms with Gasteiger partial charge >= 0.3 is 0 Å². The molecule has 2 rings (SSSR count). The van der Waals surface area contributed by atoms with Crippen LogP contribution in [-0.4, -0.2) is 20.8 Å². The average molecular weight is 299 g/mol. The molecule has 1 N–H and O–H groups in total. The fourth-order valence-corrected chi connectivity index (χ4v) is 2.53. The van der Waals surface area contributed by atoms with E-state index in [1.165, 1.54) is 0 Å². The van der Waals surface area contributed by atoms with E-state index in [1.807, 2.05) is 23.8 Å². The van der Waals surface area contributed by atoms with E-state index < -0.39 is 6.10 Å². The maximum atomic E-state index is 10.1. The second-order valence-electron chi connectivity index (χ2n) is 4.43. The SMILES string of the molecule is CCn1ccnc1CC(O)Cc1ccc(Cl)cc1Cl. The molecular weight excluding hydrogens is 283 g/mol. The van der Waals surface area contributed by atoms with Crippen molar-refractivity contribution in [2.75, 3.05) is 0 Å². The highest BCUT2D eigenvalue weighted by Crippen LogP contribution is 2.22. The van der Waals surface area contributed by atoms with Gasteiger partial charge in [0.25, 0.3) is 0 Å². The second-order valence-corrected chi connectivity index (χ2v) is 5.27. The van der Waals surface area contributed by atoms with E-state index in [9.17, 15) is 5.11 Å². The molecule has 19 heavy (non-hydrogen) atoms. The van der Waals surface area contributed by atoms with Crippen molar-refractivity contribution in [3.63, 3.8) is 0 Å². The van der Waals surface area contributed by atoms with Crippen LogP contribution in [-0.2, 0) is 19.4 Å². The quantitative estimate of drug-likeness (QED) is 0.919. The zero-order chi connectivity index (χ0) is 13.8. The number of nitrogens with zero attached hydrogens (tertiary/aromatic N) is 2. The number of hydrogen-bond donors (Lipinski definition) is 1. The van der Waals surface area contributed by atoms with Crippen molar-refractivity contribution in [1.29, 1.82) is 0 Å². The van der Waals surface area contributed by atoms with Crippen LogP contribution in [0.4, 0.5) is 0 Å². The summed E-state index contributed by atoms with van der Waals surface area (Å²) in [4.78, 5) is 4.25. The number of aliphatic hydroxyl groups is 1. The van der Waals surface area contributed by atoms with Crippen LogP contribution in [0.3, 0.4) is 0 Å². The predicted molar refractivity (Wildman–Crippen MR) is 77.8 cm³/mol. The Morgan fingerprint density at radius 2 is 2.11 bits per heavy atom. The molecule has 0 fully saturated rings. The topological polar surface area (TPSA) is 38.0 Å². The number of aliphatic hydroxyl groups excluding tert-OH is 1. The van der Waals surface area contributed by atoms with E-state index >= 15 is 0 Å². The summed E-state index contributed by atoms with van der Waals surface area (Å²) < 4.78 is 2.02. The third-order valence-electron chi connectivity index (χ3n) is 3.03. The number of aryl methyl sites for hydroxylation is 1. The summed E-state index contributed by atoms with van der Waals surface area (Å²) in [7, 11) is 0. The van der Waals surface area contributed by atoms with Crippen LogP contribution >= 0.6 is 23.2 Å². The molecular formula is C14H16Cl2N2O. The zero-order valence-electron chi connectivity index (χ0n) is 10.7. The van der Waals surface area contributed by atoms with Gasteiger partial charge in [0.2, 0.25) is 0 Å². The van der Waals surface area contributed by atoms with Gasteiger partial charge in [0, 0.05) is 41.8 Å². The fourth-order valence-electron chi connectivity index (χ4n) is 2.04. The van der Waals surface area contributed by atoms with Gasteiger partial charge in [0.1, 0.15) is 5.82 Å². The maximum Gasteiger partial charge on any atom is 0.111 e. The van der Waals surface area contributed by atoms with E-state index in [1.54, 1.807) is 18.3 Å². The third kappa shape index (κ3) is 3.72. The van der Waals surface area contributed by atoms with Crippen LogP contribution in [0.15, 0.2) is 30.6 Å². The monoisotopic (exact) mass is 298 g/mol. The number of benzene rings is 1. The van der Waals surface area contributed by atoms with E-state index in [4.69, 9.17) is 23.2 Å². The Balaban J connectivity index is 2.03. The smallest absolute Gasteiger partial charge is 0.111 e. The molecule has 1 atom stereocenters. The lowest BCUT2D eigenvalue weighted by atomic mass is 10.1. The molecule has 0 aliphatic carbocycles. The summed E-state index contributed by atoms with van der Waals surface area (Å²) in [5.41, 5.74) is 0.896. The number of imidazole rings is 1. The summed E-state index contributed by atoms with van der Waals surface area (Å²) in [6.07, 6.45) is 4.16. The summed E-state index contributed by atoms with van der Waals surface area (Å²) in [5.74, 6) is 0.889. The minimum absolute atomic E-state index is 0.493. The molecule has 0 saturated heterocycles. The van der Waals surface area contributed by atoms with Gasteiger partial charge in [-0.2, -0.15) is 0 Å². The Labute approximate surface area is 122 Å². The van der Waals surface area contributed by atoms with Crippen LogP contribution in [0.2, 0.25) is 10.0 Å². The molecule has 1 heterocycles. The van der Waals surface area contributed by atoms with Crippen molar-refractivity contribution in [3.05, 3.63) is 52.0 Å². The summed E-state index contributed by atoms with van der Waals surface area (Å²) >= 11 is 11.9. The van der Waals surface area contributed by atoms with Crippen molar-refractivity contribution in [2.45, 2.75) is 32.4 Å². The van der Waals surface area contributed by atoms with Crippen molar-refractivity contribution in [2.24, 2.45) is 0 Å². The molecule has 102 valence electrons. The highest BCUT2D eigenvalue weighted by Gasteiger charge is 2.12. The first kappa shape index (κ1) is 14.4. The Morgan fingerprint density at radius 3 is 2.79 bits per heavy atom. The summed E-state index contributed by atoms with van der Waals surface area (Å²) in [6, 6.07) is 5.32. The molecule has 1 aromatic carbocycles. The minimum atomic E-state index is -0.508. The van der Waals surface area contributed by atoms with E-state index in [2.05, 4.69) is 4.98 Å². The molecule has 0 bridgehead atoms. The first-order valence-electron chi connectivity index (χ1n) is 6.22. The average Bonchev–Trinajstić information content (AvgIpc) is 2.80. The number of hydrogen-bond acceptors (Lipinski definition) is 2. The molecule has 0 amide bonds. The van der Waals surface area contributed by atoms with Gasteiger partial charge in [0.05, 0.1) is 6.10 Å². The Kier molecular flexibility index (Phi) is 4.86. The molecule has 0 radical (unpaired) electrons. The first-order chi connectivity index (χ1) is 9.10. The second kappa shape index (κ2) is 6.42. The largest absolute Gasteiger partial charge is 0.392 e. The molecule has 1 unspecified atom stereocenters. The van der Waals surface area contributed by atoms with Gasteiger partial charge in [-0.05, 0) is 24.6 Å². The highest BCUT2D eigenvalue weighted by molar-refractivity contribution is 6.35. The van der Waals surface area contributed by atoms with Crippen molar-refractivity contribution in [1.82, 2.24) is 9.55 Å². The van der Waals surface area contributed by atoms with Gasteiger partial charge in [0.15, 0.2) is 0 Å². The Hall–Kier alpha value is -1.03. The summed E-state index contributed by atoms with van der Waals surface area (Å²) in [5, 5.41) is 11.3. The first-order valence-corrected chi connectivity index (χ1v) is 6.97. The normalized spacial score (nSPS) is 12.6. The van der Waals surface area contributed by atoms with Crippen LogP contribution in [0, 0.1) is 0 Å². The fraction of sp³-hybridized carbons (Fsp3) is 0.357. The lowest BCUT2D eigenvalue weighted by molar-refractivity contribution is 0.171. The molecule has 0 saturated carbocycles. The molecule has 0 spiro atoms. The van der Waals surface area contributed by atoms with Crippen LogP contribution < -0.4 is 0 Å².